The van der Waals surface area contributed by atoms with E-state index in [1.54, 1.807) is 19.1 Å². The van der Waals surface area contributed by atoms with Gasteiger partial charge in [-0.2, -0.15) is 0 Å². The Labute approximate surface area is 191 Å². The first-order valence-electron chi connectivity index (χ1n) is 10.1. The fraction of sp³-hybridized carbons (Fsp3) is 0.391. The summed E-state index contributed by atoms with van der Waals surface area (Å²) in [4.78, 5) is 27.1. The number of benzene rings is 2. The number of rotatable bonds is 10. The molecule has 0 aliphatic rings. The second kappa shape index (κ2) is 12.0. The summed E-state index contributed by atoms with van der Waals surface area (Å²) in [5.74, 6) is 0.118. The van der Waals surface area contributed by atoms with Crippen LogP contribution in [-0.2, 0) is 22.6 Å². The molecule has 0 heterocycles. The molecule has 2 rings (SSSR count). The Balaban J connectivity index is 2.15. The molecule has 0 saturated heterocycles. The van der Waals surface area contributed by atoms with E-state index in [9.17, 15) is 9.59 Å². The minimum Gasteiger partial charge on any atom is -0.483 e. The number of amides is 2. The molecule has 0 aliphatic heterocycles. The maximum absolute atomic E-state index is 13.0. The zero-order valence-corrected chi connectivity index (χ0v) is 19.9. The van der Waals surface area contributed by atoms with Crippen LogP contribution in [0.3, 0.4) is 0 Å². The molecule has 5 nitrogen and oxygen atoms in total. The average molecular weight is 496 g/mol. The van der Waals surface area contributed by atoms with Crippen molar-refractivity contribution >= 4 is 39.3 Å². The highest BCUT2D eigenvalue weighted by atomic mass is 79.9. The van der Waals surface area contributed by atoms with Crippen LogP contribution in [0.1, 0.15) is 38.3 Å². The van der Waals surface area contributed by atoms with Crippen molar-refractivity contribution in [3.05, 3.63) is 63.1 Å². The van der Waals surface area contributed by atoms with Gasteiger partial charge in [0.05, 0.1) is 4.47 Å². The Kier molecular flexibility index (Phi) is 9.66. The van der Waals surface area contributed by atoms with E-state index in [4.69, 9.17) is 16.3 Å². The molecule has 162 valence electrons. The number of carbonyl (C=O) groups is 2. The van der Waals surface area contributed by atoms with E-state index in [2.05, 4.69) is 28.2 Å². The second-order valence-electron chi connectivity index (χ2n) is 7.03. The van der Waals surface area contributed by atoms with Crippen LogP contribution in [0.2, 0.25) is 5.02 Å². The third kappa shape index (κ3) is 7.03. The number of aryl methyl sites for hydroxylation is 1. The van der Waals surface area contributed by atoms with Gasteiger partial charge in [0.15, 0.2) is 6.61 Å². The summed E-state index contributed by atoms with van der Waals surface area (Å²) in [5, 5.41) is 3.44. The number of nitrogens with one attached hydrogen (secondary N) is 1. The zero-order valence-electron chi connectivity index (χ0n) is 17.6. The molecular formula is C23H28BrClN2O3. The van der Waals surface area contributed by atoms with Gasteiger partial charge < -0.3 is 15.0 Å². The summed E-state index contributed by atoms with van der Waals surface area (Å²) in [6.45, 7) is 6.43. The molecule has 2 aromatic carbocycles. The first-order chi connectivity index (χ1) is 14.3. The van der Waals surface area contributed by atoms with Crippen molar-refractivity contribution in [1.29, 1.82) is 0 Å². The maximum Gasteiger partial charge on any atom is 0.261 e. The van der Waals surface area contributed by atoms with E-state index in [-0.39, 0.29) is 25.0 Å². The van der Waals surface area contributed by atoms with Gasteiger partial charge in [0.1, 0.15) is 11.8 Å². The van der Waals surface area contributed by atoms with Crippen LogP contribution < -0.4 is 10.1 Å². The fourth-order valence-corrected chi connectivity index (χ4v) is 3.67. The topological polar surface area (TPSA) is 58.6 Å². The lowest BCUT2D eigenvalue weighted by atomic mass is 10.1. The van der Waals surface area contributed by atoms with E-state index in [1.165, 1.54) is 10.5 Å². The predicted molar refractivity (Wildman–Crippen MR) is 124 cm³/mol. The molecule has 0 spiro atoms. The van der Waals surface area contributed by atoms with E-state index < -0.39 is 6.04 Å². The van der Waals surface area contributed by atoms with Gasteiger partial charge in [-0.3, -0.25) is 9.59 Å². The van der Waals surface area contributed by atoms with Crippen molar-refractivity contribution in [2.24, 2.45) is 0 Å². The molecule has 0 aromatic heterocycles. The highest BCUT2D eigenvalue weighted by Crippen LogP contribution is 2.26. The van der Waals surface area contributed by atoms with Crippen molar-refractivity contribution in [3.8, 4) is 5.75 Å². The molecule has 0 bridgehead atoms. The summed E-state index contributed by atoms with van der Waals surface area (Å²) in [6, 6.07) is 12.4. The summed E-state index contributed by atoms with van der Waals surface area (Å²) in [7, 11) is 0. The van der Waals surface area contributed by atoms with Crippen molar-refractivity contribution in [2.75, 3.05) is 13.2 Å². The molecule has 0 saturated carbocycles. The number of hydrogen-bond donors (Lipinski definition) is 1. The second-order valence-corrected chi connectivity index (χ2v) is 8.32. The highest BCUT2D eigenvalue weighted by molar-refractivity contribution is 9.10. The van der Waals surface area contributed by atoms with Gasteiger partial charge in [-0.15, -0.1) is 0 Å². The van der Waals surface area contributed by atoms with Gasteiger partial charge >= 0.3 is 0 Å². The number of hydrogen-bond acceptors (Lipinski definition) is 3. The minimum absolute atomic E-state index is 0.171. The molecule has 7 heteroatoms. The van der Waals surface area contributed by atoms with Crippen LogP contribution >= 0.6 is 27.5 Å². The van der Waals surface area contributed by atoms with Crippen molar-refractivity contribution in [3.63, 3.8) is 0 Å². The number of carbonyl (C=O) groups excluding carboxylic acids is 2. The molecule has 1 atom stereocenters. The van der Waals surface area contributed by atoms with Crippen LogP contribution in [-0.4, -0.2) is 35.9 Å². The van der Waals surface area contributed by atoms with Crippen LogP contribution in [0.15, 0.2) is 46.9 Å². The van der Waals surface area contributed by atoms with E-state index >= 15 is 0 Å². The molecule has 0 fully saturated rings. The summed E-state index contributed by atoms with van der Waals surface area (Å²) < 4.78 is 6.55. The van der Waals surface area contributed by atoms with Gasteiger partial charge in [0.2, 0.25) is 5.91 Å². The van der Waals surface area contributed by atoms with Crippen molar-refractivity contribution in [2.45, 2.75) is 46.2 Å². The maximum atomic E-state index is 13.0. The molecule has 1 N–H and O–H groups in total. The number of halogens is 2. The average Bonchev–Trinajstić information content (AvgIpc) is 2.74. The highest BCUT2D eigenvalue weighted by Gasteiger charge is 2.26. The quantitative estimate of drug-likeness (QED) is 0.505. The Morgan fingerprint density at radius 3 is 2.57 bits per heavy atom. The lowest BCUT2D eigenvalue weighted by molar-refractivity contribution is -0.142. The fourth-order valence-electron chi connectivity index (χ4n) is 2.91. The number of ether oxygens (including phenoxy) is 1. The van der Waals surface area contributed by atoms with Crippen molar-refractivity contribution < 1.29 is 14.3 Å². The van der Waals surface area contributed by atoms with Crippen LogP contribution in [0.25, 0.3) is 0 Å². The molecule has 2 aromatic rings. The minimum atomic E-state index is -0.641. The van der Waals surface area contributed by atoms with Crippen LogP contribution in [0.5, 0.6) is 5.75 Å². The van der Waals surface area contributed by atoms with Gasteiger partial charge in [0.25, 0.3) is 5.91 Å². The Hall–Kier alpha value is -2.05. The standard InChI is InChI=1S/C23H28BrClN2O3/c1-4-11-26-23(29)16(3)27(14-18-7-6-8-19(25)12-18)22(28)15-30-21-10-9-17(5-2)13-20(21)24/h6-10,12-13,16H,4-5,11,14-15H2,1-3H3,(H,26,29)/t16-/m1/s1. The smallest absolute Gasteiger partial charge is 0.261 e. The predicted octanol–water partition coefficient (Wildman–Crippen LogP) is 4.99. The molecule has 0 unspecified atom stereocenters. The first-order valence-corrected chi connectivity index (χ1v) is 11.3. The van der Waals surface area contributed by atoms with Gasteiger partial charge in [-0.05, 0) is 71.1 Å². The largest absolute Gasteiger partial charge is 0.483 e. The molecule has 30 heavy (non-hydrogen) atoms. The van der Waals surface area contributed by atoms with Gasteiger partial charge in [0, 0.05) is 18.1 Å². The van der Waals surface area contributed by atoms with Crippen molar-refractivity contribution in [1.82, 2.24) is 10.2 Å². The molecule has 2 amide bonds. The zero-order chi connectivity index (χ0) is 22.1. The summed E-state index contributed by atoms with van der Waals surface area (Å²) in [5.41, 5.74) is 2.02. The third-order valence-corrected chi connectivity index (χ3v) is 5.57. The first kappa shape index (κ1) is 24.2. The molecule has 0 aliphatic carbocycles. The number of nitrogens with zero attached hydrogens (tertiary/aromatic N) is 1. The Morgan fingerprint density at radius 1 is 1.17 bits per heavy atom. The van der Waals surface area contributed by atoms with Gasteiger partial charge in [-0.25, -0.2) is 0 Å². The van der Waals surface area contributed by atoms with E-state index in [1.807, 2.05) is 37.3 Å². The molecule has 0 radical (unpaired) electrons. The molecular weight excluding hydrogens is 468 g/mol. The van der Waals surface area contributed by atoms with Crippen LogP contribution in [0.4, 0.5) is 0 Å². The Bertz CT molecular complexity index is 875. The van der Waals surface area contributed by atoms with Crippen LogP contribution in [0, 0.1) is 0 Å². The lowest BCUT2D eigenvalue weighted by Gasteiger charge is -2.29. The normalized spacial score (nSPS) is 11.6. The third-order valence-electron chi connectivity index (χ3n) is 4.71. The van der Waals surface area contributed by atoms with E-state index in [0.717, 1.165) is 22.9 Å². The SMILES string of the molecule is CCCNC(=O)[C@@H](C)N(Cc1cccc(Cl)c1)C(=O)COc1ccc(CC)cc1Br. The van der Waals surface area contributed by atoms with Gasteiger partial charge in [-0.1, -0.05) is 43.6 Å². The summed E-state index contributed by atoms with van der Waals surface area (Å²) in [6.07, 6.45) is 1.74. The monoisotopic (exact) mass is 494 g/mol. The Morgan fingerprint density at radius 2 is 1.93 bits per heavy atom. The summed E-state index contributed by atoms with van der Waals surface area (Å²) >= 11 is 9.58. The van der Waals surface area contributed by atoms with E-state index in [0.29, 0.717) is 17.3 Å². The lowest BCUT2D eigenvalue weighted by Crippen LogP contribution is -2.49.